The second kappa shape index (κ2) is 4.17. The van der Waals surface area contributed by atoms with E-state index < -0.39 is 0 Å². The minimum absolute atomic E-state index is 0.138. The van der Waals surface area contributed by atoms with E-state index in [1.807, 2.05) is 48.7 Å². The monoisotopic (exact) mass is 260 g/mol. The summed E-state index contributed by atoms with van der Waals surface area (Å²) in [5, 5.41) is 1.05. The molecule has 0 amide bonds. The average molecular weight is 260 g/mol. The average Bonchev–Trinajstić information content (AvgIpc) is 3.03. The molecule has 0 atom stereocenters. The first kappa shape index (κ1) is 11.2. The quantitative estimate of drug-likeness (QED) is 0.682. The normalized spacial score (nSPS) is 16.0. The molecule has 0 unspecified atom stereocenters. The molecule has 1 aliphatic carbocycles. The number of nitrogens with one attached hydrogen (secondary N) is 1. The zero-order valence-corrected chi connectivity index (χ0v) is 10.8. The van der Waals surface area contributed by atoms with Gasteiger partial charge < -0.3 is 4.98 Å². The molecule has 0 saturated carbocycles. The Morgan fingerprint density at radius 1 is 1.15 bits per heavy atom. The van der Waals surface area contributed by atoms with Crippen LogP contribution < -0.4 is 0 Å². The predicted molar refractivity (Wildman–Crippen MR) is 78.5 cm³/mol. The van der Waals surface area contributed by atoms with Gasteiger partial charge in [-0.25, -0.2) is 4.98 Å². The predicted octanol–water partition coefficient (Wildman–Crippen LogP) is 3.39. The van der Waals surface area contributed by atoms with E-state index in [4.69, 9.17) is 0 Å². The lowest BCUT2D eigenvalue weighted by Gasteiger charge is -1.95. The zero-order chi connectivity index (χ0) is 13.5. The number of rotatable bonds is 1. The highest BCUT2D eigenvalue weighted by atomic mass is 16.1. The highest BCUT2D eigenvalue weighted by molar-refractivity contribution is 6.16. The second-order valence-corrected chi connectivity index (χ2v) is 4.98. The van der Waals surface area contributed by atoms with E-state index in [2.05, 4.69) is 9.97 Å². The fourth-order valence-electron chi connectivity index (χ4n) is 2.76. The molecule has 3 aromatic rings. The Kier molecular flexibility index (Phi) is 2.33. The molecule has 0 radical (unpaired) electrons. The fourth-order valence-corrected chi connectivity index (χ4v) is 2.76. The van der Waals surface area contributed by atoms with E-state index in [1.54, 1.807) is 6.20 Å². The van der Waals surface area contributed by atoms with Crippen molar-refractivity contribution in [3.63, 3.8) is 0 Å². The number of Topliss-reactive ketones (excluding diaryl/α,β-unsaturated/α-hetero) is 1. The van der Waals surface area contributed by atoms with Crippen LogP contribution >= 0.6 is 0 Å². The third-order valence-electron chi connectivity index (χ3n) is 3.75. The van der Waals surface area contributed by atoms with Gasteiger partial charge in [0, 0.05) is 40.9 Å². The van der Waals surface area contributed by atoms with E-state index >= 15 is 0 Å². The van der Waals surface area contributed by atoms with Crippen molar-refractivity contribution < 1.29 is 4.79 Å². The van der Waals surface area contributed by atoms with Crippen molar-refractivity contribution in [1.29, 1.82) is 0 Å². The largest absolute Gasteiger partial charge is 0.346 e. The molecule has 0 saturated heterocycles. The summed E-state index contributed by atoms with van der Waals surface area (Å²) in [6.07, 6.45) is 6.35. The molecule has 2 heterocycles. The van der Waals surface area contributed by atoms with Gasteiger partial charge in [-0.3, -0.25) is 4.79 Å². The lowest BCUT2D eigenvalue weighted by molar-refractivity contribution is 0.104. The molecule has 1 aliphatic rings. The second-order valence-electron chi connectivity index (χ2n) is 4.98. The first-order valence-electron chi connectivity index (χ1n) is 6.58. The van der Waals surface area contributed by atoms with Crippen molar-refractivity contribution >= 4 is 22.9 Å². The summed E-state index contributed by atoms with van der Waals surface area (Å²) in [6, 6.07) is 11.7. The number of fused-ring (bicyclic) bond motifs is 2. The number of carbonyl (C=O) groups excluding carboxylic acids is 1. The number of pyridine rings is 1. The van der Waals surface area contributed by atoms with Gasteiger partial charge >= 0.3 is 0 Å². The smallest absolute Gasteiger partial charge is 0.189 e. The number of aromatic amines is 1. The van der Waals surface area contributed by atoms with Gasteiger partial charge in [0.25, 0.3) is 0 Å². The van der Waals surface area contributed by atoms with Crippen LogP contribution in [0, 0.1) is 0 Å². The van der Waals surface area contributed by atoms with Crippen LogP contribution in [0.15, 0.2) is 54.4 Å². The molecule has 0 fully saturated rings. The topological polar surface area (TPSA) is 45.8 Å². The van der Waals surface area contributed by atoms with Crippen LogP contribution in [0.5, 0.6) is 0 Å². The molecule has 20 heavy (non-hydrogen) atoms. The van der Waals surface area contributed by atoms with Crippen molar-refractivity contribution in [3.05, 3.63) is 71.1 Å². The first-order valence-corrected chi connectivity index (χ1v) is 6.58. The van der Waals surface area contributed by atoms with Gasteiger partial charge in [-0.2, -0.15) is 0 Å². The molecule has 2 aromatic heterocycles. The lowest BCUT2D eigenvalue weighted by Crippen LogP contribution is -1.94. The van der Waals surface area contributed by atoms with Crippen molar-refractivity contribution in [2.75, 3.05) is 0 Å². The van der Waals surface area contributed by atoms with Crippen LogP contribution in [0.25, 0.3) is 17.1 Å². The fraction of sp³-hybridized carbons (Fsp3) is 0.0588. The Morgan fingerprint density at radius 2 is 2.05 bits per heavy atom. The molecule has 96 valence electrons. The minimum atomic E-state index is 0.138. The molecular formula is C17H12N2O. The van der Waals surface area contributed by atoms with Crippen LogP contribution in [0.4, 0.5) is 0 Å². The van der Waals surface area contributed by atoms with Crippen LogP contribution in [0.2, 0.25) is 0 Å². The van der Waals surface area contributed by atoms with Gasteiger partial charge in [0.2, 0.25) is 0 Å². The van der Waals surface area contributed by atoms with Crippen LogP contribution in [0.3, 0.4) is 0 Å². The number of hydrogen-bond acceptors (Lipinski definition) is 2. The van der Waals surface area contributed by atoms with Gasteiger partial charge in [-0.1, -0.05) is 24.3 Å². The summed E-state index contributed by atoms with van der Waals surface area (Å²) in [4.78, 5) is 19.8. The summed E-state index contributed by atoms with van der Waals surface area (Å²) in [5.41, 5.74) is 4.65. The highest BCUT2D eigenvalue weighted by Gasteiger charge is 2.24. The third kappa shape index (κ3) is 1.60. The molecule has 3 heteroatoms. The molecule has 4 rings (SSSR count). The van der Waals surface area contributed by atoms with Crippen molar-refractivity contribution in [2.24, 2.45) is 0 Å². The third-order valence-corrected chi connectivity index (χ3v) is 3.75. The Bertz CT molecular complexity index is 858. The number of benzene rings is 1. The molecule has 1 aromatic carbocycles. The van der Waals surface area contributed by atoms with E-state index in [1.165, 1.54) is 0 Å². The molecule has 0 bridgehead atoms. The zero-order valence-electron chi connectivity index (χ0n) is 10.8. The van der Waals surface area contributed by atoms with E-state index in [0.717, 1.165) is 33.3 Å². The Morgan fingerprint density at radius 3 is 2.95 bits per heavy atom. The molecule has 0 aliphatic heterocycles. The molecular weight excluding hydrogens is 248 g/mol. The minimum Gasteiger partial charge on any atom is -0.346 e. The SMILES string of the molecule is O=C1/C(=C/c2c[nH]c3ncccc23)Cc2ccccc21. The number of ketones is 1. The van der Waals surface area contributed by atoms with Gasteiger partial charge in [0.15, 0.2) is 5.78 Å². The van der Waals surface area contributed by atoms with Gasteiger partial charge in [0.05, 0.1) is 0 Å². The van der Waals surface area contributed by atoms with Crippen LogP contribution in [0.1, 0.15) is 21.5 Å². The molecule has 3 nitrogen and oxygen atoms in total. The van der Waals surface area contributed by atoms with Crippen molar-refractivity contribution in [2.45, 2.75) is 6.42 Å². The van der Waals surface area contributed by atoms with Crippen LogP contribution in [-0.4, -0.2) is 15.8 Å². The summed E-state index contributed by atoms with van der Waals surface area (Å²) in [6.45, 7) is 0. The number of carbonyl (C=O) groups is 1. The highest BCUT2D eigenvalue weighted by Crippen LogP contribution is 2.28. The Balaban J connectivity index is 1.81. The van der Waals surface area contributed by atoms with Gasteiger partial charge in [-0.05, 0) is 23.8 Å². The number of aromatic nitrogens is 2. The van der Waals surface area contributed by atoms with E-state index in [9.17, 15) is 4.79 Å². The van der Waals surface area contributed by atoms with Gasteiger partial charge in [-0.15, -0.1) is 0 Å². The molecule has 1 N–H and O–H groups in total. The van der Waals surface area contributed by atoms with Crippen molar-refractivity contribution in [3.8, 4) is 0 Å². The summed E-state index contributed by atoms with van der Waals surface area (Å²) in [7, 11) is 0. The number of nitrogens with zero attached hydrogens (tertiary/aromatic N) is 1. The summed E-state index contributed by atoms with van der Waals surface area (Å²) >= 11 is 0. The van der Waals surface area contributed by atoms with E-state index in [0.29, 0.717) is 6.42 Å². The Hall–Kier alpha value is -2.68. The van der Waals surface area contributed by atoms with Crippen molar-refractivity contribution in [1.82, 2.24) is 9.97 Å². The first-order chi connectivity index (χ1) is 9.83. The molecule has 0 spiro atoms. The maximum atomic E-state index is 12.4. The standard InChI is InChI=1S/C17H12N2O/c20-16-12(8-11-4-1-2-5-14(11)16)9-13-10-19-17-15(13)6-3-7-18-17/h1-7,9-10H,8H2,(H,18,19)/b12-9+. The van der Waals surface area contributed by atoms with Gasteiger partial charge in [0.1, 0.15) is 5.65 Å². The van der Waals surface area contributed by atoms with E-state index in [-0.39, 0.29) is 5.78 Å². The van der Waals surface area contributed by atoms with Crippen LogP contribution in [-0.2, 0) is 6.42 Å². The summed E-state index contributed by atoms with van der Waals surface area (Å²) in [5.74, 6) is 0.138. The number of hydrogen-bond donors (Lipinski definition) is 1. The summed E-state index contributed by atoms with van der Waals surface area (Å²) < 4.78 is 0. The maximum Gasteiger partial charge on any atom is 0.189 e. The Labute approximate surface area is 116 Å². The number of H-pyrrole nitrogens is 1. The lowest BCUT2D eigenvalue weighted by atomic mass is 10.1. The maximum absolute atomic E-state index is 12.4. The number of allylic oxidation sites excluding steroid dienone is 1.